The maximum absolute atomic E-state index is 12.2. The van der Waals surface area contributed by atoms with E-state index in [0.717, 1.165) is 32.0 Å². The SMILES string of the molecule is COC(=O)[C@H](Cc1ccc(C2CC2)cc1)N1CCN[C@@H](C)C1. The van der Waals surface area contributed by atoms with Crippen molar-refractivity contribution >= 4 is 5.97 Å². The topological polar surface area (TPSA) is 41.6 Å². The average molecular weight is 302 g/mol. The lowest BCUT2D eigenvalue weighted by atomic mass is 10.0. The van der Waals surface area contributed by atoms with Crippen LogP contribution in [0.25, 0.3) is 0 Å². The molecular formula is C18H26N2O2. The first-order chi connectivity index (χ1) is 10.7. The third-order valence-corrected chi connectivity index (χ3v) is 4.77. The summed E-state index contributed by atoms with van der Waals surface area (Å²) in [6.45, 7) is 4.87. The molecule has 3 rings (SSSR count). The lowest BCUT2D eigenvalue weighted by molar-refractivity contribution is -0.147. The van der Waals surface area contributed by atoms with E-state index < -0.39 is 0 Å². The zero-order chi connectivity index (χ0) is 15.5. The number of hydrogen-bond donors (Lipinski definition) is 1. The summed E-state index contributed by atoms with van der Waals surface area (Å²) >= 11 is 0. The molecule has 1 heterocycles. The molecule has 0 spiro atoms. The summed E-state index contributed by atoms with van der Waals surface area (Å²) in [5.41, 5.74) is 2.65. The Hall–Kier alpha value is -1.39. The number of hydrogen-bond acceptors (Lipinski definition) is 4. The van der Waals surface area contributed by atoms with Crippen LogP contribution in [0.15, 0.2) is 24.3 Å². The molecule has 2 fully saturated rings. The molecule has 2 aliphatic rings. The summed E-state index contributed by atoms with van der Waals surface area (Å²) in [6.07, 6.45) is 3.37. The highest BCUT2D eigenvalue weighted by atomic mass is 16.5. The smallest absolute Gasteiger partial charge is 0.323 e. The molecule has 4 heteroatoms. The lowest BCUT2D eigenvalue weighted by Crippen LogP contribution is -2.55. The number of piperazine rings is 1. The monoisotopic (exact) mass is 302 g/mol. The number of carbonyl (C=O) groups is 1. The summed E-state index contributed by atoms with van der Waals surface area (Å²) in [6, 6.07) is 9.04. The summed E-state index contributed by atoms with van der Waals surface area (Å²) < 4.78 is 5.04. The van der Waals surface area contributed by atoms with E-state index in [9.17, 15) is 4.79 Å². The first kappa shape index (κ1) is 15.5. The minimum Gasteiger partial charge on any atom is -0.468 e. The highest BCUT2D eigenvalue weighted by Crippen LogP contribution is 2.39. The van der Waals surface area contributed by atoms with Crippen LogP contribution in [0.3, 0.4) is 0 Å². The van der Waals surface area contributed by atoms with Crippen molar-refractivity contribution < 1.29 is 9.53 Å². The van der Waals surface area contributed by atoms with E-state index in [4.69, 9.17) is 4.74 Å². The highest BCUT2D eigenvalue weighted by Gasteiger charge is 2.30. The Morgan fingerprint density at radius 3 is 2.68 bits per heavy atom. The van der Waals surface area contributed by atoms with Crippen molar-refractivity contribution in [3.8, 4) is 0 Å². The third kappa shape index (κ3) is 3.68. The van der Waals surface area contributed by atoms with Gasteiger partial charge in [0.1, 0.15) is 6.04 Å². The molecule has 1 aliphatic carbocycles. The maximum Gasteiger partial charge on any atom is 0.323 e. The molecule has 22 heavy (non-hydrogen) atoms. The van der Waals surface area contributed by atoms with Gasteiger partial charge in [-0.2, -0.15) is 0 Å². The van der Waals surface area contributed by atoms with E-state index in [1.165, 1.54) is 31.1 Å². The molecule has 0 aromatic heterocycles. The van der Waals surface area contributed by atoms with Crippen molar-refractivity contribution in [1.29, 1.82) is 0 Å². The van der Waals surface area contributed by atoms with Crippen LogP contribution in [0.4, 0.5) is 0 Å². The van der Waals surface area contributed by atoms with Crippen molar-refractivity contribution in [1.82, 2.24) is 10.2 Å². The molecule has 1 saturated heterocycles. The predicted molar refractivity (Wildman–Crippen MR) is 87.0 cm³/mol. The standard InChI is InChI=1S/C18H26N2O2/c1-13-12-20(10-9-19-13)17(18(21)22-2)11-14-3-5-15(6-4-14)16-7-8-16/h3-6,13,16-17,19H,7-12H2,1-2H3/t13-,17-/m0/s1. The highest BCUT2D eigenvalue weighted by molar-refractivity contribution is 5.76. The molecule has 1 aromatic carbocycles. The fourth-order valence-corrected chi connectivity index (χ4v) is 3.31. The van der Waals surface area contributed by atoms with Crippen LogP contribution in [0.5, 0.6) is 0 Å². The largest absolute Gasteiger partial charge is 0.468 e. The number of rotatable bonds is 5. The lowest BCUT2D eigenvalue weighted by Gasteiger charge is -2.36. The quantitative estimate of drug-likeness (QED) is 0.844. The second kappa shape index (κ2) is 6.80. The van der Waals surface area contributed by atoms with Gasteiger partial charge in [-0.05, 0) is 43.2 Å². The molecule has 1 saturated carbocycles. The number of carbonyl (C=O) groups excluding carboxylic acids is 1. The van der Waals surface area contributed by atoms with Crippen LogP contribution < -0.4 is 5.32 Å². The predicted octanol–water partition coefficient (Wildman–Crippen LogP) is 1.94. The Balaban J connectivity index is 1.69. The number of ether oxygens (including phenoxy) is 1. The summed E-state index contributed by atoms with van der Waals surface area (Å²) in [5, 5.41) is 3.42. The van der Waals surface area contributed by atoms with E-state index in [2.05, 4.69) is 41.4 Å². The van der Waals surface area contributed by atoms with E-state index in [-0.39, 0.29) is 12.0 Å². The van der Waals surface area contributed by atoms with Crippen LogP contribution in [-0.4, -0.2) is 49.7 Å². The van der Waals surface area contributed by atoms with Gasteiger partial charge >= 0.3 is 5.97 Å². The first-order valence-electron chi connectivity index (χ1n) is 8.31. The Bertz CT molecular complexity index is 510. The van der Waals surface area contributed by atoms with E-state index >= 15 is 0 Å². The van der Waals surface area contributed by atoms with Gasteiger partial charge in [0, 0.05) is 25.7 Å². The second-order valence-electron chi connectivity index (χ2n) is 6.61. The van der Waals surface area contributed by atoms with Gasteiger partial charge in [0.15, 0.2) is 0 Å². The van der Waals surface area contributed by atoms with E-state index in [1.54, 1.807) is 0 Å². The number of benzene rings is 1. The molecule has 0 unspecified atom stereocenters. The molecule has 1 aliphatic heterocycles. The van der Waals surface area contributed by atoms with Gasteiger partial charge in [0.05, 0.1) is 7.11 Å². The number of esters is 1. The van der Waals surface area contributed by atoms with Crippen LogP contribution in [-0.2, 0) is 16.0 Å². The van der Waals surface area contributed by atoms with Crippen molar-refractivity contribution in [2.45, 2.75) is 44.2 Å². The van der Waals surface area contributed by atoms with Crippen LogP contribution in [0.2, 0.25) is 0 Å². The zero-order valence-corrected chi connectivity index (χ0v) is 13.5. The van der Waals surface area contributed by atoms with E-state index in [0.29, 0.717) is 6.04 Å². The van der Waals surface area contributed by atoms with Gasteiger partial charge < -0.3 is 10.1 Å². The van der Waals surface area contributed by atoms with Crippen LogP contribution in [0, 0.1) is 0 Å². The zero-order valence-electron chi connectivity index (χ0n) is 13.5. The van der Waals surface area contributed by atoms with Crippen molar-refractivity contribution in [3.05, 3.63) is 35.4 Å². The van der Waals surface area contributed by atoms with Crippen molar-refractivity contribution in [2.75, 3.05) is 26.7 Å². The molecule has 1 aromatic rings. The Labute approximate surface area is 132 Å². The second-order valence-corrected chi connectivity index (χ2v) is 6.61. The van der Waals surface area contributed by atoms with Gasteiger partial charge in [-0.15, -0.1) is 0 Å². The van der Waals surface area contributed by atoms with Crippen LogP contribution in [0.1, 0.15) is 36.8 Å². The van der Waals surface area contributed by atoms with Gasteiger partial charge in [0.25, 0.3) is 0 Å². The molecule has 4 nitrogen and oxygen atoms in total. The summed E-state index contributed by atoms with van der Waals surface area (Å²) in [5.74, 6) is 0.653. The number of nitrogens with zero attached hydrogens (tertiary/aromatic N) is 1. The minimum atomic E-state index is -0.179. The molecule has 0 amide bonds. The molecule has 120 valence electrons. The Morgan fingerprint density at radius 1 is 1.36 bits per heavy atom. The third-order valence-electron chi connectivity index (χ3n) is 4.77. The maximum atomic E-state index is 12.2. The minimum absolute atomic E-state index is 0.125. The summed E-state index contributed by atoms with van der Waals surface area (Å²) in [7, 11) is 1.48. The molecular weight excluding hydrogens is 276 g/mol. The summed E-state index contributed by atoms with van der Waals surface area (Å²) in [4.78, 5) is 14.5. The molecule has 0 radical (unpaired) electrons. The van der Waals surface area contributed by atoms with Gasteiger partial charge in [0.2, 0.25) is 0 Å². The fraction of sp³-hybridized carbons (Fsp3) is 0.611. The van der Waals surface area contributed by atoms with Crippen LogP contribution >= 0.6 is 0 Å². The molecule has 0 bridgehead atoms. The van der Waals surface area contributed by atoms with Crippen molar-refractivity contribution in [2.24, 2.45) is 0 Å². The molecule has 1 N–H and O–H groups in total. The number of nitrogens with one attached hydrogen (secondary N) is 1. The van der Waals surface area contributed by atoms with Gasteiger partial charge in [-0.1, -0.05) is 24.3 Å². The Kier molecular flexibility index (Phi) is 4.79. The van der Waals surface area contributed by atoms with Crippen molar-refractivity contribution in [3.63, 3.8) is 0 Å². The van der Waals surface area contributed by atoms with Gasteiger partial charge in [-0.3, -0.25) is 9.69 Å². The van der Waals surface area contributed by atoms with Gasteiger partial charge in [-0.25, -0.2) is 0 Å². The first-order valence-corrected chi connectivity index (χ1v) is 8.31. The normalized spacial score (nSPS) is 24.0. The Morgan fingerprint density at radius 2 is 2.09 bits per heavy atom. The average Bonchev–Trinajstić information content (AvgIpc) is 3.37. The van der Waals surface area contributed by atoms with E-state index in [1.807, 2.05) is 0 Å². The fourth-order valence-electron chi connectivity index (χ4n) is 3.31. The molecule has 2 atom stereocenters. The number of methoxy groups -OCH3 is 1.